The summed E-state index contributed by atoms with van der Waals surface area (Å²) < 4.78 is 5.25. The summed E-state index contributed by atoms with van der Waals surface area (Å²) in [5.74, 6) is 0.189. The average Bonchev–Trinajstić information content (AvgIpc) is 2.35. The number of carbonyl (C=O) groups excluding carboxylic acids is 1. The van der Waals surface area contributed by atoms with Crippen LogP contribution in [0.2, 0.25) is 0 Å². The lowest BCUT2D eigenvalue weighted by Crippen LogP contribution is -2.33. The molecule has 5 heteroatoms. The fourth-order valence-electron chi connectivity index (χ4n) is 1.66. The summed E-state index contributed by atoms with van der Waals surface area (Å²) in [5, 5.41) is 0. The van der Waals surface area contributed by atoms with E-state index in [0.29, 0.717) is 25.5 Å². The number of hydrogen-bond acceptors (Lipinski definition) is 4. The zero-order chi connectivity index (χ0) is 13.1. The van der Waals surface area contributed by atoms with E-state index in [1.54, 1.807) is 0 Å². The highest BCUT2D eigenvalue weighted by atomic mass is 35.5. The smallest absolute Gasteiger partial charge is 0.322 e. The quantitative estimate of drug-likeness (QED) is 0.602. The van der Waals surface area contributed by atoms with E-state index in [4.69, 9.17) is 16.2 Å². The number of carbonyl (C=O) groups is 1. The molecule has 0 aromatic rings. The van der Waals surface area contributed by atoms with Crippen LogP contribution in [-0.4, -0.2) is 25.2 Å². The van der Waals surface area contributed by atoms with Gasteiger partial charge in [-0.15, -0.1) is 12.4 Å². The molecule has 0 saturated carbocycles. The van der Waals surface area contributed by atoms with E-state index in [-0.39, 0.29) is 18.4 Å². The fraction of sp³-hybridized carbons (Fsp3) is 0.923. The first kappa shape index (κ1) is 20.0. The van der Waals surface area contributed by atoms with Crippen LogP contribution in [0, 0.1) is 5.92 Å². The molecule has 0 bridgehead atoms. The van der Waals surface area contributed by atoms with Crippen LogP contribution in [0.5, 0.6) is 0 Å². The van der Waals surface area contributed by atoms with Crippen LogP contribution in [0.25, 0.3) is 0 Å². The maximum Gasteiger partial charge on any atom is 0.322 e. The van der Waals surface area contributed by atoms with Gasteiger partial charge in [0.15, 0.2) is 0 Å². The minimum absolute atomic E-state index is 0. The van der Waals surface area contributed by atoms with Gasteiger partial charge in [0.25, 0.3) is 0 Å². The molecule has 0 heterocycles. The maximum absolute atomic E-state index is 11.6. The lowest BCUT2D eigenvalue weighted by molar-refractivity contribution is -0.146. The zero-order valence-electron chi connectivity index (χ0n) is 11.7. The van der Waals surface area contributed by atoms with Crippen LogP contribution in [0.15, 0.2) is 0 Å². The van der Waals surface area contributed by atoms with E-state index in [0.717, 1.165) is 19.3 Å². The number of nitrogens with two attached hydrogens (primary N) is 2. The number of halogens is 1. The van der Waals surface area contributed by atoms with Gasteiger partial charge in [0, 0.05) is 0 Å². The molecule has 2 unspecified atom stereocenters. The highest BCUT2D eigenvalue weighted by molar-refractivity contribution is 5.85. The van der Waals surface area contributed by atoms with Crippen LogP contribution in [0.4, 0.5) is 0 Å². The van der Waals surface area contributed by atoms with Crippen molar-refractivity contribution in [1.29, 1.82) is 0 Å². The molecule has 0 aromatic carbocycles. The van der Waals surface area contributed by atoms with Gasteiger partial charge in [-0.05, 0) is 31.7 Å². The Labute approximate surface area is 117 Å². The fourth-order valence-corrected chi connectivity index (χ4v) is 1.66. The third kappa shape index (κ3) is 9.68. The number of rotatable bonds is 10. The second-order valence-electron chi connectivity index (χ2n) is 4.58. The van der Waals surface area contributed by atoms with E-state index >= 15 is 0 Å². The predicted octanol–water partition coefficient (Wildman–Crippen LogP) is 2.23. The highest BCUT2D eigenvalue weighted by Crippen LogP contribution is 2.13. The van der Waals surface area contributed by atoms with Crippen molar-refractivity contribution in [2.75, 3.05) is 13.2 Å². The summed E-state index contributed by atoms with van der Waals surface area (Å²) in [7, 11) is 0. The molecular weight excluding hydrogens is 252 g/mol. The Balaban J connectivity index is 0. The lowest BCUT2D eigenvalue weighted by atomic mass is 10.0. The third-order valence-electron chi connectivity index (χ3n) is 3.03. The molecule has 0 radical (unpaired) electrons. The van der Waals surface area contributed by atoms with Crippen LogP contribution < -0.4 is 11.5 Å². The molecule has 0 amide bonds. The monoisotopic (exact) mass is 280 g/mol. The minimum atomic E-state index is -0.512. The number of unbranched alkanes of at least 4 members (excludes halogenated alkanes) is 1. The Morgan fingerprint density at radius 3 is 2.39 bits per heavy atom. The first-order chi connectivity index (χ1) is 8.15. The highest BCUT2D eigenvalue weighted by Gasteiger charge is 2.16. The molecule has 2 atom stereocenters. The van der Waals surface area contributed by atoms with E-state index < -0.39 is 6.04 Å². The zero-order valence-corrected chi connectivity index (χ0v) is 12.5. The van der Waals surface area contributed by atoms with E-state index in [1.807, 2.05) is 0 Å². The molecule has 0 saturated heterocycles. The molecule has 0 aromatic heterocycles. The van der Waals surface area contributed by atoms with Crippen LogP contribution >= 0.6 is 12.4 Å². The van der Waals surface area contributed by atoms with Gasteiger partial charge in [-0.1, -0.05) is 33.1 Å². The molecule has 0 rings (SSSR count). The third-order valence-corrected chi connectivity index (χ3v) is 3.03. The Hall–Kier alpha value is -0.320. The molecule has 0 aliphatic carbocycles. The number of esters is 1. The van der Waals surface area contributed by atoms with Gasteiger partial charge in [0.2, 0.25) is 0 Å². The molecule has 0 aliphatic rings. The molecule has 4 nitrogen and oxygen atoms in total. The second kappa shape index (κ2) is 13.1. The Bertz CT molecular complexity index is 203. The summed E-state index contributed by atoms with van der Waals surface area (Å²) >= 11 is 0. The normalized spacial score (nSPS) is 13.6. The van der Waals surface area contributed by atoms with Crippen molar-refractivity contribution in [3.8, 4) is 0 Å². The minimum Gasteiger partial charge on any atom is -0.464 e. The van der Waals surface area contributed by atoms with E-state index in [9.17, 15) is 4.79 Å². The van der Waals surface area contributed by atoms with E-state index in [2.05, 4.69) is 13.8 Å². The number of ether oxygens (including phenoxy) is 1. The Kier molecular flexibility index (Phi) is 14.6. The average molecular weight is 281 g/mol. The van der Waals surface area contributed by atoms with Crippen LogP contribution in [-0.2, 0) is 9.53 Å². The summed E-state index contributed by atoms with van der Waals surface area (Å²) in [4.78, 5) is 11.6. The van der Waals surface area contributed by atoms with Crippen LogP contribution in [0.1, 0.15) is 52.4 Å². The van der Waals surface area contributed by atoms with Crippen LogP contribution in [0.3, 0.4) is 0 Å². The maximum atomic E-state index is 11.6. The molecule has 18 heavy (non-hydrogen) atoms. The Morgan fingerprint density at radius 2 is 1.89 bits per heavy atom. The first-order valence-electron chi connectivity index (χ1n) is 6.77. The van der Waals surface area contributed by atoms with Gasteiger partial charge < -0.3 is 16.2 Å². The SMILES string of the molecule is CCCCC(CC)COC(=O)C(N)CCCN.Cl. The van der Waals surface area contributed by atoms with Crippen molar-refractivity contribution in [3.63, 3.8) is 0 Å². The number of hydrogen-bond donors (Lipinski definition) is 2. The lowest BCUT2D eigenvalue weighted by Gasteiger charge is -2.16. The molecule has 0 spiro atoms. The molecular formula is C13H29ClN2O2. The van der Waals surface area contributed by atoms with Crippen molar-refractivity contribution in [1.82, 2.24) is 0 Å². The van der Waals surface area contributed by atoms with Gasteiger partial charge in [0.05, 0.1) is 6.61 Å². The van der Waals surface area contributed by atoms with Crippen molar-refractivity contribution < 1.29 is 9.53 Å². The van der Waals surface area contributed by atoms with Crippen molar-refractivity contribution in [3.05, 3.63) is 0 Å². The summed E-state index contributed by atoms with van der Waals surface area (Å²) in [6, 6.07) is -0.512. The summed E-state index contributed by atoms with van der Waals surface area (Å²) in [5.41, 5.74) is 11.1. The van der Waals surface area contributed by atoms with Crippen molar-refractivity contribution in [2.45, 2.75) is 58.4 Å². The largest absolute Gasteiger partial charge is 0.464 e. The summed E-state index contributed by atoms with van der Waals surface area (Å²) in [6.45, 7) is 5.37. The van der Waals surface area contributed by atoms with Gasteiger partial charge >= 0.3 is 5.97 Å². The van der Waals surface area contributed by atoms with Gasteiger partial charge in [-0.3, -0.25) is 4.79 Å². The second-order valence-corrected chi connectivity index (χ2v) is 4.58. The molecule has 0 fully saturated rings. The van der Waals surface area contributed by atoms with Crippen molar-refractivity contribution in [2.24, 2.45) is 17.4 Å². The standard InChI is InChI=1S/C13H28N2O2.ClH/c1-3-5-7-11(4-2)10-17-13(16)12(15)8-6-9-14;/h11-12H,3-10,14-15H2,1-2H3;1H. The van der Waals surface area contributed by atoms with Gasteiger partial charge in [0.1, 0.15) is 6.04 Å². The predicted molar refractivity (Wildman–Crippen MR) is 77.8 cm³/mol. The molecule has 110 valence electrons. The van der Waals surface area contributed by atoms with Crippen molar-refractivity contribution >= 4 is 18.4 Å². The van der Waals surface area contributed by atoms with Gasteiger partial charge in [-0.25, -0.2) is 0 Å². The first-order valence-corrected chi connectivity index (χ1v) is 6.77. The topological polar surface area (TPSA) is 78.3 Å². The van der Waals surface area contributed by atoms with Gasteiger partial charge in [-0.2, -0.15) is 0 Å². The Morgan fingerprint density at radius 1 is 1.22 bits per heavy atom. The molecule has 4 N–H and O–H groups in total. The summed E-state index contributed by atoms with van der Waals surface area (Å²) in [6.07, 6.45) is 5.92. The molecule has 0 aliphatic heterocycles. The van der Waals surface area contributed by atoms with E-state index in [1.165, 1.54) is 12.8 Å².